The summed E-state index contributed by atoms with van der Waals surface area (Å²) in [7, 11) is 0. The molecule has 0 radical (unpaired) electrons. The number of carbonyl (C=O) groups excluding carboxylic acids is 1. The molecule has 100 valence electrons. The van der Waals surface area contributed by atoms with E-state index in [1.165, 1.54) is 6.07 Å². The summed E-state index contributed by atoms with van der Waals surface area (Å²) in [6.45, 7) is 5.46. The summed E-state index contributed by atoms with van der Waals surface area (Å²) in [5.41, 5.74) is 5.99. The van der Waals surface area contributed by atoms with Crippen molar-refractivity contribution in [3.05, 3.63) is 35.6 Å². The van der Waals surface area contributed by atoms with Crippen LogP contribution in [-0.4, -0.2) is 30.4 Å². The van der Waals surface area contributed by atoms with Crippen molar-refractivity contribution in [2.45, 2.75) is 26.2 Å². The summed E-state index contributed by atoms with van der Waals surface area (Å²) in [5, 5.41) is 0. The van der Waals surface area contributed by atoms with Gasteiger partial charge >= 0.3 is 0 Å². The molecule has 0 aliphatic heterocycles. The lowest BCUT2D eigenvalue weighted by Crippen LogP contribution is -2.36. The molecule has 0 saturated heterocycles. The lowest BCUT2D eigenvalue weighted by molar-refractivity contribution is -0.132. The van der Waals surface area contributed by atoms with Gasteiger partial charge in [0, 0.05) is 18.7 Å². The molecule has 0 aliphatic rings. The number of nitrogens with two attached hydrogens (primary N) is 1. The Morgan fingerprint density at radius 1 is 1.33 bits per heavy atom. The largest absolute Gasteiger partial charge is 0.343 e. The van der Waals surface area contributed by atoms with Crippen LogP contribution in [0.3, 0.4) is 0 Å². The van der Waals surface area contributed by atoms with Gasteiger partial charge in [-0.05, 0) is 32.9 Å². The number of amides is 1. The number of carbonyl (C=O) groups is 1. The monoisotopic (exact) mass is 252 g/mol. The maximum atomic E-state index is 13.8. The van der Waals surface area contributed by atoms with E-state index in [1.54, 1.807) is 23.1 Å². The third kappa shape index (κ3) is 3.29. The topological polar surface area (TPSA) is 46.3 Å². The van der Waals surface area contributed by atoms with Crippen molar-refractivity contribution in [1.82, 2.24) is 4.90 Å². The molecule has 4 heteroatoms. The average Bonchev–Trinajstić information content (AvgIpc) is 2.38. The van der Waals surface area contributed by atoms with E-state index < -0.39 is 5.92 Å². The van der Waals surface area contributed by atoms with Gasteiger partial charge < -0.3 is 10.6 Å². The molecule has 0 spiro atoms. The fraction of sp³-hybridized carbons (Fsp3) is 0.500. The molecular formula is C14H21FN2O. The molecule has 2 N–H and O–H groups in total. The lowest BCUT2D eigenvalue weighted by Gasteiger charge is -2.25. The van der Waals surface area contributed by atoms with Gasteiger partial charge in [-0.3, -0.25) is 4.79 Å². The molecule has 1 unspecified atom stereocenters. The van der Waals surface area contributed by atoms with E-state index in [4.69, 9.17) is 5.73 Å². The fourth-order valence-electron chi connectivity index (χ4n) is 2.09. The van der Waals surface area contributed by atoms with Crippen molar-refractivity contribution in [2.24, 2.45) is 5.73 Å². The van der Waals surface area contributed by atoms with E-state index in [9.17, 15) is 9.18 Å². The van der Waals surface area contributed by atoms with Crippen LogP contribution in [0.5, 0.6) is 0 Å². The Labute approximate surface area is 108 Å². The lowest BCUT2D eigenvalue weighted by atomic mass is 9.93. The first-order chi connectivity index (χ1) is 8.65. The van der Waals surface area contributed by atoms with Gasteiger partial charge in [-0.15, -0.1) is 0 Å². The van der Waals surface area contributed by atoms with Crippen molar-refractivity contribution in [3.8, 4) is 0 Å². The maximum absolute atomic E-state index is 13.8. The fourth-order valence-corrected chi connectivity index (χ4v) is 2.09. The quantitative estimate of drug-likeness (QED) is 0.843. The molecule has 3 nitrogen and oxygen atoms in total. The second kappa shape index (κ2) is 7.11. The van der Waals surface area contributed by atoms with Crippen molar-refractivity contribution < 1.29 is 9.18 Å². The second-order valence-corrected chi connectivity index (χ2v) is 4.16. The second-order valence-electron chi connectivity index (χ2n) is 4.16. The van der Waals surface area contributed by atoms with Crippen molar-refractivity contribution in [3.63, 3.8) is 0 Å². The first kappa shape index (κ1) is 14.6. The highest BCUT2D eigenvalue weighted by molar-refractivity contribution is 5.83. The highest BCUT2D eigenvalue weighted by Crippen LogP contribution is 2.24. The molecular weight excluding hydrogens is 231 g/mol. The first-order valence-corrected chi connectivity index (χ1v) is 6.38. The highest BCUT2D eigenvalue weighted by Gasteiger charge is 2.25. The minimum atomic E-state index is -0.476. The molecule has 1 rings (SSSR count). The van der Waals surface area contributed by atoms with Crippen LogP contribution in [0.1, 0.15) is 31.7 Å². The number of hydrogen-bond acceptors (Lipinski definition) is 2. The Bertz CT molecular complexity index is 391. The van der Waals surface area contributed by atoms with Crippen LogP contribution < -0.4 is 5.73 Å². The van der Waals surface area contributed by atoms with E-state index in [1.807, 2.05) is 13.8 Å². The van der Waals surface area contributed by atoms with E-state index in [0.717, 1.165) is 0 Å². The number of halogens is 1. The average molecular weight is 252 g/mol. The molecule has 1 aromatic rings. The van der Waals surface area contributed by atoms with E-state index in [-0.39, 0.29) is 11.7 Å². The smallest absolute Gasteiger partial charge is 0.230 e. The third-order valence-electron chi connectivity index (χ3n) is 3.11. The van der Waals surface area contributed by atoms with Crippen LogP contribution in [0, 0.1) is 5.82 Å². The predicted octanol–water partition coefficient (Wildman–Crippen LogP) is 2.13. The summed E-state index contributed by atoms with van der Waals surface area (Å²) in [4.78, 5) is 14.1. The zero-order valence-corrected chi connectivity index (χ0v) is 11.0. The Hall–Kier alpha value is -1.42. The third-order valence-corrected chi connectivity index (χ3v) is 3.11. The highest BCUT2D eigenvalue weighted by atomic mass is 19.1. The van der Waals surface area contributed by atoms with Crippen LogP contribution in [0.2, 0.25) is 0 Å². The number of likely N-dealkylation sites (N-methyl/N-ethyl adjacent to an activating group) is 1. The summed E-state index contributed by atoms with van der Waals surface area (Å²) in [6, 6.07) is 6.42. The van der Waals surface area contributed by atoms with Crippen molar-refractivity contribution >= 4 is 5.91 Å². The molecule has 1 amide bonds. The summed E-state index contributed by atoms with van der Waals surface area (Å²) in [6.07, 6.45) is 0.469. The maximum Gasteiger partial charge on any atom is 0.230 e. The van der Waals surface area contributed by atoms with Gasteiger partial charge in [0.25, 0.3) is 0 Å². The number of benzene rings is 1. The van der Waals surface area contributed by atoms with Gasteiger partial charge in [-0.2, -0.15) is 0 Å². The Morgan fingerprint density at radius 3 is 2.44 bits per heavy atom. The molecule has 1 atom stereocenters. The zero-order valence-electron chi connectivity index (χ0n) is 11.0. The summed E-state index contributed by atoms with van der Waals surface area (Å²) in [5.74, 6) is -0.858. The number of hydrogen-bond donors (Lipinski definition) is 1. The molecule has 0 bridgehead atoms. The minimum Gasteiger partial charge on any atom is -0.343 e. The SMILES string of the molecule is CCN(CC)C(=O)C(CCN)c1ccccc1F. The van der Waals surface area contributed by atoms with Crippen LogP contribution in [-0.2, 0) is 4.79 Å². The van der Waals surface area contributed by atoms with Crippen LogP contribution >= 0.6 is 0 Å². The Morgan fingerprint density at radius 2 is 1.94 bits per heavy atom. The molecule has 0 heterocycles. The summed E-state index contributed by atoms with van der Waals surface area (Å²) < 4.78 is 13.8. The van der Waals surface area contributed by atoms with Crippen LogP contribution in [0.25, 0.3) is 0 Å². The standard InChI is InChI=1S/C14H21FN2O/c1-3-17(4-2)14(18)12(9-10-16)11-7-5-6-8-13(11)15/h5-8,12H,3-4,9-10,16H2,1-2H3. The van der Waals surface area contributed by atoms with E-state index in [2.05, 4.69) is 0 Å². The van der Waals surface area contributed by atoms with Crippen molar-refractivity contribution in [1.29, 1.82) is 0 Å². The van der Waals surface area contributed by atoms with Gasteiger partial charge in [0.1, 0.15) is 5.82 Å². The Kier molecular flexibility index (Phi) is 5.78. The molecule has 0 aliphatic carbocycles. The van der Waals surface area contributed by atoms with Gasteiger partial charge in [-0.25, -0.2) is 4.39 Å². The van der Waals surface area contributed by atoms with Gasteiger partial charge in [0.2, 0.25) is 5.91 Å². The van der Waals surface area contributed by atoms with Crippen molar-refractivity contribution in [2.75, 3.05) is 19.6 Å². The van der Waals surface area contributed by atoms with Gasteiger partial charge in [0.05, 0.1) is 5.92 Å². The van der Waals surface area contributed by atoms with Gasteiger partial charge in [-0.1, -0.05) is 18.2 Å². The van der Waals surface area contributed by atoms with Gasteiger partial charge in [0.15, 0.2) is 0 Å². The molecule has 0 saturated carbocycles. The minimum absolute atomic E-state index is 0.0458. The molecule has 18 heavy (non-hydrogen) atoms. The number of rotatable bonds is 6. The normalized spacial score (nSPS) is 12.2. The molecule has 0 fully saturated rings. The van der Waals surface area contributed by atoms with E-state index in [0.29, 0.717) is 31.6 Å². The predicted molar refractivity (Wildman–Crippen MR) is 70.7 cm³/mol. The Balaban J connectivity index is 3.02. The first-order valence-electron chi connectivity index (χ1n) is 6.38. The van der Waals surface area contributed by atoms with Crippen LogP contribution in [0.4, 0.5) is 4.39 Å². The van der Waals surface area contributed by atoms with Crippen LogP contribution in [0.15, 0.2) is 24.3 Å². The van der Waals surface area contributed by atoms with E-state index >= 15 is 0 Å². The number of nitrogens with zero attached hydrogens (tertiary/aromatic N) is 1. The zero-order chi connectivity index (χ0) is 13.5. The molecule has 1 aromatic carbocycles. The summed E-state index contributed by atoms with van der Waals surface area (Å²) >= 11 is 0. The molecule has 0 aromatic heterocycles.